The number of benzene rings is 1. The van der Waals surface area contributed by atoms with Crippen LogP contribution in [0.2, 0.25) is 0 Å². The second-order valence-corrected chi connectivity index (χ2v) is 4.17. The van der Waals surface area contributed by atoms with Crippen LogP contribution in [0.25, 0.3) is 6.08 Å². The van der Waals surface area contributed by atoms with E-state index in [2.05, 4.69) is 19.1 Å². The molecule has 2 nitrogen and oxygen atoms in total. The van der Waals surface area contributed by atoms with Gasteiger partial charge in [0.25, 0.3) is 0 Å². The molecule has 0 saturated carbocycles. The zero-order valence-corrected chi connectivity index (χ0v) is 10.7. The Hall–Kier alpha value is -1.28. The highest BCUT2D eigenvalue weighted by atomic mass is 16.5. The van der Waals surface area contributed by atoms with Crippen molar-refractivity contribution in [2.24, 2.45) is 5.92 Å². The topological polar surface area (TPSA) is 29.5 Å². The molecule has 94 valence electrons. The van der Waals surface area contributed by atoms with Gasteiger partial charge >= 0.3 is 0 Å². The Balaban J connectivity index is 2.54. The van der Waals surface area contributed by atoms with Gasteiger partial charge in [-0.05, 0) is 42.9 Å². The quantitative estimate of drug-likeness (QED) is 0.782. The van der Waals surface area contributed by atoms with E-state index in [1.165, 1.54) is 5.56 Å². The van der Waals surface area contributed by atoms with Crippen LogP contribution >= 0.6 is 0 Å². The van der Waals surface area contributed by atoms with E-state index in [1.54, 1.807) is 7.11 Å². The van der Waals surface area contributed by atoms with Crippen molar-refractivity contribution < 1.29 is 9.84 Å². The smallest absolute Gasteiger partial charge is 0.118 e. The molecule has 1 aromatic carbocycles. The van der Waals surface area contributed by atoms with Crippen LogP contribution in [-0.4, -0.2) is 18.8 Å². The summed E-state index contributed by atoms with van der Waals surface area (Å²) in [6, 6.07) is 8.03. The van der Waals surface area contributed by atoms with Gasteiger partial charge in [0.05, 0.1) is 7.11 Å². The van der Waals surface area contributed by atoms with Gasteiger partial charge in [0.15, 0.2) is 0 Å². The molecular formula is C15H22O2. The van der Waals surface area contributed by atoms with Crippen LogP contribution in [0, 0.1) is 5.92 Å². The fraction of sp³-hybridized carbons (Fsp3) is 0.467. The van der Waals surface area contributed by atoms with Crippen molar-refractivity contribution in [3.05, 3.63) is 35.9 Å². The zero-order chi connectivity index (χ0) is 12.5. The van der Waals surface area contributed by atoms with Crippen LogP contribution in [-0.2, 0) is 0 Å². The molecular weight excluding hydrogens is 212 g/mol. The van der Waals surface area contributed by atoms with Crippen molar-refractivity contribution in [1.82, 2.24) is 0 Å². The van der Waals surface area contributed by atoms with E-state index in [4.69, 9.17) is 9.84 Å². The van der Waals surface area contributed by atoms with Crippen molar-refractivity contribution in [2.45, 2.75) is 26.2 Å². The second kappa shape index (κ2) is 7.91. The molecule has 0 heterocycles. The molecule has 0 aliphatic heterocycles. The van der Waals surface area contributed by atoms with Crippen molar-refractivity contribution in [3.63, 3.8) is 0 Å². The minimum absolute atomic E-state index is 0.285. The number of rotatable bonds is 7. The molecule has 0 saturated heterocycles. The summed E-state index contributed by atoms with van der Waals surface area (Å²) in [6.45, 7) is 2.47. The summed E-state index contributed by atoms with van der Waals surface area (Å²) in [6.07, 6.45) is 7.43. The largest absolute Gasteiger partial charge is 0.497 e. The lowest BCUT2D eigenvalue weighted by Crippen LogP contribution is -1.96. The van der Waals surface area contributed by atoms with E-state index in [0.29, 0.717) is 5.92 Å². The predicted molar refractivity (Wildman–Crippen MR) is 72.1 cm³/mol. The van der Waals surface area contributed by atoms with Gasteiger partial charge in [-0.15, -0.1) is 0 Å². The van der Waals surface area contributed by atoms with E-state index < -0.39 is 0 Å². The first-order valence-corrected chi connectivity index (χ1v) is 6.23. The maximum Gasteiger partial charge on any atom is 0.118 e. The van der Waals surface area contributed by atoms with Crippen molar-refractivity contribution in [2.75, 3.05) is 13.7 Å². The van der Waals surface area contributed by atoms with Gasteiger partial charge in [-0.2, -0.15) is 0 Å². The summed E-state index contributed by atoms with van der Waals surface area (Å²) in [5, 5.41) is 8.82. The van der Waals surface area contributed by atoms with Crippen molar-refractivity contribution in [1.29, 1.82) is 0 Å². The second-order valence-electron chi connectivity index (χ2n) is 4.17. The predicted octanol–water partition coefficient (Wildman–Crippen LogP) is 3.51. The Labute approximate surface area is 104 Å². The normalized spacial score (nSPS) is 12.9. The first-order chi connectivity index (χ1) is 8.30. The monoisotopic (exact) mass is 234 g/mol. The van der Waals surface area contributed by atoms with Crippen LogP contribution in [0.15, 0.2) is 30.3 Å². The number of hydrogen-bond acceptors (Lipinski definition) is 2. The Kier molecular flexibility index (Phi) is 6.41. The Morgan fingerprint density at radius 1 is 1.29 bits per heavy atom. The Morgan fingerprint density at radius 2 is 2.00 bits per heavy atom. The molecule has 0 aliphatic carbocycles. The van der Waals surface area contributed by atoms with Gasteiger partial charge in [0.2, 0.25) is 0 Å². The molecule has 0 spiro atoms. The minimum atomic E-state index is 0.285. The maximum absolute atomic E-state index is 8.82. The van der Waals surface area contributed by atoms with Gasteiger partial charge in [0.1, 0.15) is 5.75 Å². The maximum atomic E-state index is 8.82. The molecule has 2 heteroatoms. The third-order valence-corrected chi connectivity index (χ3v) is 2.93. The molecule has 1 atom stereocenters. The van der Waals surface area contributed by atoms with E-state index in [-0.39, 0.29) is 6.61 Å². The van der Waals surface area contributed by atoms with Gasteiger partial charge in [0, 0.05) is 6.61 Å². The van der Waals surface area contributed by atoms with Gasteiger partial charge < -0.3 is 9.84 Å². The average molecular weight is 234 g/mol. The molecule has 1 N–H and O–H groups in total. The molecule has 1 rings (SSSR count). The highest BCUT2D eigenvalue weighted by Gasteiger charge is 2.00. The zero-order valence-electron chi connectivity index (χ0n) is 10.7. The average Bonchev–Trinajstić information content (AvgIpc) is 2.39. The molecule has 0 fully saturated rings. The van der Waals surface area contributed by atoms with Crippen LogP contribution < -0.4 is 4.74 Å². The van der Waals surface area contributed by atoms with E-state index in [1.807, 2.05) is 24.3 Å². The van der Waals surface area contributed by atoms with Crippen LogP contribution in [0.5, 0.6) is 5.75 Å². The Morgan fingerprint density at radius 3 is 2.53 bits per heavy atom. The van der Waals surface area contributed by atoms with Gasteiger partial charge in [-0.1, -0.05) is 31.2 Å². The van der Waals surface area contributed by atoms with E-state index >= 15 is 0 Å². The number of methoxy groups -OCH3 is 1. The van der Waals surface area contributed by atoms with Crippen LogP contribution in [0.3, 0.4) is 0 Å². The molecule has 1 aromatic rings. The molecule has 0 amide bonds. The minimum Gasteiger partial charge on any atom is -0.497 e. The number of allylic oxidation sites excluding steroid dienone is 1. The number of aliphatic hydroxyl groups excluding tert-OH is 1. The van der Waals surface area contributed by atoms with Crippen molar-refractivity contribution in [3.8, 4) is 5.75 Å². The first kappa shape index (κ1) is 13.8. The SMILES string of the molecule is CCC(/C=C/c1ccc(OC)cc1)CCCO. The fourth-order valence-electron chi connectivity index (χ4n) is 1.75. The number of aliphatic hydroxyl groups is 1. The summed E-state index contributed by atoms with van der Waals surface area (Å²) >= 11 is 0. The van der Waals surface area contributed by atoms with E-state index in [9.17, 15) is 0 Å². The summed E-state index contributed by atoms with van der Waals surface area (Å²) in [7, 11) is 1.67. The molecule has 17 heavy (non-hydrogen) atoms. The highest BCUT2D eigenvalue weighted by Crippen LogP contribution is 2.16. The summed E-state index contributed by atoms with van der Waals surface area (Å²) in [4.78, 5) is 0. The molecule has 0 aromatic heterocycles. The lowest BCUT2D eigenvalue weighted by atomic mass is 9.99. The summed E-state index contributed by atoms with van der Waals surface area (Å²) < 4.78 is 5.12. The van der Waals surface area contributed by atoms with Crippen molar-refractivity contribution >= 4 is 6.08 Å². The molecule has 0 bridgehead atoms. The van der Waals surface area contributed by atoms with Crippen LogP contribution in [0.1, 0.15) is 31.7 Å². The van der Waals surface area contributed by atoms with E-state index in [0.717, 1.165) is 25.0 Å². The first-order valence-electron chi connectivity index (χ1n) is 6.23. The number of hydrogen-bond donors (Lipinski definition) is 1. The standard InChI is InChI=1S/C15H22O2/c1-3-13(5-4-12-16)6-7-14-8-10-15(17-2)11-9-14/h6-11,13,16H,3-5,12H2,1-2H3/b7-6+. The summed E-state index contributed by atoms with van der Waals surface area (Å²) in [5.41, 5.74) is 1.19. The van der Waals surface area contributed by atoms with Gasteiger partial charge in [-0.3, -0.25) is 0 Å². The summed E-state index contributed by atoms with van der Waals surface area (Å²) in [5.74, 6) is 1.44. The molecule has 0 radical (unpaired) electrons. The Bertz CT molecular complexity index is 327. The molecule has 0 aliphatic rings. The third-order valence-electron chi connectivity index (χ3n) is 2.93. The fourth-order valence-corrected chi connectivity index (χ4v) is 1.75. The van der Waals surface area contributed by atoms with Crippen LogP contribution in [0.4, 0.5) is 0 Å². The molecule has 1 unspecified atom stereocenters. The highest BCUT2D eigenvalue weighted by molar-refractivity contribution is 5.50. The lowest BCUT2D eigenvalue weighted by Gasteiger charge is -2.08. The number of ether oxygens (including phenoxy) is 1. The lowest BCUT2D eigenvalue weighted by molar-refractivity contribution is 0.276. The third kappa shape index (κ3) is 5.05. The van der Waals surface area contributed by atoms with Gasteiger partial charge in [-0.25, -0.2) is 0 Å².